The summed E-state index contributed by atoms with van der Waals surface area (Å²) in [6.07, 6.45) is 2.18. The zero-order valence-corrected chi connectivity index (χ0v) is 11.5. The van der Waals surface area contributed by atoms with Gasteiger partial charge in [0.05, 0.1) is 6.61 Å². The van der Waals surface area contributed by atoms with E-state index < -0.39 is 0 Å². The van der Waals surface area contributed by atoms with Crippen LogP contribution in [0.1, 0.15) is 40.5 Å². The molecule has 2 nitrogen and oxygen atoms in total. The predicted octanol–water partition coefficient (Wildman–Crippen LogP) is 4.32. The Morgan fingerprint density at radius 2 is 2.00 bits per heavy atom. The van der Waals surface area contributed by atoms with E-state index in [1.807, 2.05) is 12.1 Å². The first-order chi connectivity index (χ1) is 8.17. The number of hydrogen-bond donors (Lipinski definition) is 1. The summed E-state index contributed by atoms with van der Waals surface area (Å²) < 4.78 is 5.63. The lowest BCUT2D eigenvalue weighted by Crippen LogP contribution is -2.24. The van der Waals surface area contributed by atoms with E-state index in [0.717, 1.165) is 30.9 Å². The van der Waals surface area contributed by atoms with Crippen molar-refractivity contribution >= 4 is 5.69 Å². The van der Waals surface area contributed by atoms with Gasteiger partial charge in [-0.15, -0.1) is 0 Å². The van der Waals surface area contributed by atoms with Crippen LogP contribution in [0.4, 0.5) is 5.69 Å². The van der Waals surface area contributed by atoms with Gasteiger partial charge in [0.15, 0.2) is 0 Å². The van der Waals surface area contributed by atoms with E-state index in [1.165, 1.54) is 0 Å². The van der Waals surface area contributed by atoms with Gasteiger partial charge in [-0.1, -0.05) is 33.8 Å². The molecule has 0 saturated heterocycles. The average molecular weight is 235 g/mol. The van der Waals surface area contributed by atoms with Crippen LogP contribution in [0.2, 0.25) is 0 Å². The number of nitrogens with one attached hydrogen (secondary N) is 1. The number of ether oxygens (including phenoxy) is 1. The maximum Gasteiger partial charge on any atom is 0.121 e. The van der Waals surface area contributed by atoms with E-state index in [9.17, 15) is 0 Å². The van der Waals surface area contributed by atoms with Crippen molar-refractivity contribution in [2.24, 2.45) is 5.92 Å². The van der Waals surface area contributed by atoms with Gasteiger partial charge in [-0.3, -0.25) is 0 Å². The maximum absolute atomic E-state index is 5.63. The molecular weight excluding hydrogens is 210 g/mol. The van der Waals surface area contributed by atoms with Gasteiger partial charge >= 0.3 is 0 Å². The third kappa shape index (κ3) is 4.68. The number of hydrogen-bond acceptors (Lipinski definition) is 2. The van der Waals surface area contributed by atoms with Crippen LogP contribution < -0.4 is 10.1 Å². The molecule has 0 spiro atoms. The van der Waals surface area contributed by atoms with E-state index >= 15 is 0 Å². The third-order valence-corrected chi connectivity index (χ3v) is 2.90. The lowest BCUT2D eigenvalue weighted by atomic mass is 10.0. The van der Waals surface area contributed by atoms with Crippen molar-refractivity contribution in [3.05, 3.63) is 24.3 Å². The fourth-order valence-electron chi connectivity index (χ4n) is 1.85. The molecule has 1 atom stereocenters. The molecule has 0 radical (unpaired) electrons. The van der Waals surface area contributed by atoms with Crippen molar-refractivity contribution in [3.63, 3.8) is 0 Å². The van der Waals surface area contributed by atoms with Crippen LogP contribution in [0.15, 0.2) is 24.3 Å². The Bertz CT molecular complexity index is 322. The van der Waals surface area contributed by atoms with Crippen molar-refractivity contribution in [1.29, 1.82) is 0 Å². The summed E-state index contributed by atoms with van der Waals surface area (Å²) in [5.41, 5.74) is 1.15. The Hall–Kier alpha value is -1.18. The molecule has 17 heavy (non-hydrogen) atoms. The van der Waals surface area contributed by atoms with Gasteiger partial charge in [-0.2, -0.15) is 0 Å². The molecule has 0 fully saturated rings. The smallest absolute Gasteiger partial charge is 0.121 e. The molecule has 0 bridgehead atoms. The van der Waals surface area contributed by atoms with Gasteiger partial charge < -0.3 is 10.1 Å². The first-order valence-electron chi connectivity index (χ1n) is 6.66. The SMILES string of the molecule is CCCOc1cccc(NC(CC)C(C)C)c1. The van der Waals surface area contributed by atoms with E-state index in [4.69, 9.17) is 4.74 Å². The van der Waals surface area contributed by atoms with Crippen molar-refractivity contribution in [3.8, 4) is 5.75 Å². The second kappa shape index (κ2) is 7.21. The molecule has 1 aromatic carbocycles. The maximum atomic E-state index is 5.63. The molecule has 0 aromatic heterocycles. The van der Waals surface area contributed by atoms with Gasteiger partial charge in [0, 0.05) is 17.8 Å². The van der Waals surface area contributed by atoms with Gasteiger partial charge in [0.2, 0.25) is 0 Å². The molecule has 2 heteroatoms. The monoisotopic (exact) mass is 235 g/mol. The molecule has 0 aliphatic heterocycles. The number of anilines is 1. The van der Waals surface area contributed by atoms with Crippen molar-refractivity contribution < 1.29 is 4.74 Å². The summed E-state index contributed by atoms with van der Waals surface area (Å²) in [5, 5.41) is 3.56. The first kappa shape index (κ1) is 13.9. The quantitative estimate of drug-likeness (QED) is 0.760. The Balaban J connectivity index is 2.64. The van der Waals surface area contributed by atoms with Crippen LogP contribution in [0, 0.1) is 5.92 Å². The zero-order valence-electron chi connectivity index (χ0n) is 11.5. The van der Waals surface area contributed by atoms with E-state index in [2.05, 4.69) is 45.1 Å². The van der Waals surface area contributed by atoms with Crippen LogP contribution in [0.3, 0.4) is 0 Å². The fraction of sp³-hybridized carbons (Fsp3) is 0.600. The van der Waals surface area contributed by atoms with Crippen LogP contribution in [0.5, 0.6) is 5.75 Å². The Morgan fingerprint density at radius 3 is 2.59 bits per heavy atom. The molecule has 1 unspecified atom stereocenters. The van der Waals surface area contributed by atoms with Gasteiger partial charge in [-0.05, 0) is 30.9 Å². The minimum atomic E-state index is 0.524. The average Bonchev–Trinajstić information content (AvgIpc) is 2.33. The summed E-state index contributed by atoms with van der Waals surface area (Å²) in [4.78, 5) is 0. The summed E-state index contributed by atoms with van der Waals surface area (Å²) in [5.74, 6) is 1.59. The standard InChI is InChI=1S/C15H25NO/c1-5-10-17-14-9-7-8-13(11-14)16-15(6-2)12(3)4/h7-9,11-12,15-16H,5-6,10H2,1-4H3. The molecule has 0 aliphatic rings. The van der Waals surface area contributed by atoms with Crippen molar-refractivity contribution in [2.75, 3.05) is 11.9 Å². The van der Waals surface area contributed by atoms with Crippen LogP contribution in [-0.2, 0) is 0 Å². The molecule has 1 aromatic rings. The van der Waals surface area contributed by atoms with Gasteiger partial charge in [-0.25, -0.2) is 0 Å². The Morgan fingerprint density at radius 1 is 1.24 bits per heavy atom. The first-order valence-corrected chi connectivity index (χ1v) is 6.66. The van der Waals surface area contributed by atoms with Crippen LogP contribution in [-0.4, -0.2) is 12.6 Å². The number of rotatable bonds is 7. The summed E-state index contributed by atoms with van der Waals surface area (Å²) in [7, 11) is 0. The second-order valence-electron chi connectivity index (χ2n) is 4.78. The highest BCUT2D eigenvalue weighted by atomic mass is 16.5. The van der Waals surface area contributed by atoms with Gasteiger partial charge in [0.25, 0.3) is 0 Å². The highest BCUT2D eigenvalue weighted by molar-refractivity contribution is 5.48. The largest absolute Gasteiger partial charge is 0.494 e. The minimum Gasteiger partial charge on any atom is -0.494 e. The molecule has 96 valence electrons. The summed E-state index contributed by atoms with van der Waals surface area (Å²) in [6, 6.07) is 8.76. The molecule has 0 amide bonds. The topological polar surface area (TPSA) is 21.3 Å². The van der Waals surface area contributed by atoms with Gasteiger partial charge in [0.1, 0.15) is 5.75 Å². The van der Waals surface area contributed by atoms with Crippen LogP contribution >= 0.6 is 0 Å². The lowest BCUT2D eigenvalue weighted by Gasteiger charge is -2.22. The molecule has 1 N–H and O–H groups in total. The molecule has 0 aliphatic carbocycles. The van der Waals surface area contributed by atoms with Crippen LogP contribution in [0.25, 0.3) is 0 Å². The summed E-state index contributed by atoms with van der Waals surface area (Å²) in [6.45, 7) is 9.62. The number of benzene rings is 1. The Kier molecular flexibility index (Phi) is 5.88. The summed E-state index contributed by atoms with van der Waals surface area (Å²) >= 11 is 0. The van der Waals surface area contributed by atoms with E-state index in [0.29, 0.717) is 12.0 Å². The third-order valence-electron chi connectivity index (χ3n) is 2.90. The van der Waals surface area contributed by atoms with E-state index in [1.54, 1.807) is 0 Å². The fourth-order valence-corrected chi connectivity index (χ4v) is 1.85. The highest BCUT2D eigenvalue weighted by Gasteiger charge is 2.10. The minimum absolute atomic E-state index is 0.524. The molecule has 0 heterocycles. The van der Waals surface area contributed by atoms with E-state index in [-0.39, 0.29) is 0 Å². The predicted molar refractivity (Wildman–Crippen MR) is 74.8 cm³/mol. The highest BCUT2D eigenvalue weighted by Crippen LogP contribution is 2.20. The lowest BCUT2D eigenvalue weighted by molar-refractivity contribution is 0.317. The zero-order chi connectivity index (χ0) is 12.7. The van der Waals surface area contributed by atoms with Crippen molar-refractivity contribution in [2.45, 2.75) is 46.6 Å². The normalized spacial score (nSPS) is 12.5. The second-order valence-corrected chi connectivity index (χ2v) is 4.78. The Labute approximate surface area is 105 Å². The molecule has 1 rings (SSSR count). The van der Waals surface area contributed by atoms with Crippen molar-refractivity contribution in [1.82, 2.24) is 0 Å². The molecular formula is C15H25NO. The molecule has 0 saturated carbocycles.